The van der Waals surface area contributed by atoms with E-state index in [1.54, 1.807) is 30.3 Å². The highest BCUT2D eigenvalue weighted by molar-refractivity contribution is 8.19. The van der Waals surface area contributed by atoms with Gasteiger partial charge < -0.3 is 5.11 Å². The van der Waals surface area contributed by atoms with Crippen molar-refractivity contribution >= 4 is 46.3 Å². The van der Waals surface area contributed by atoms with Crippen LogP contribution in [0, 0.1) is 0 Å². The summed E-state index contributed by atoms with van der Waals surface area (Å²) in [7, 11) is 0. The highest BCUT2D eigenvalue weighted by atomic mass is 35.5. The second-order valence-corrected chi connectivity index (χ2v) is 10.8. The summed E-state index contributed by atoms with van der Waals surface area (Å²) in [5, 5.41) is 10.9. The molecule has 0 atom stereocenters. The van der Waals surface area contributed by atoms with Crippen LogP contribution < -0.4 is 4.90 Å². The Hall–Kier alpha value is -2.24. The van der Waals surface area contributed by atoms with E-state index >= 15 is 0 Å². The van der Waals surface area contributed by atoms with Gasteiger partial charge in [0.1, 0.15) is 5.75 Å². The molecule has 0 unspecified atom stereocenters. The van der Waals surface area contributed by atoms with E-state index in [-0.39, 0.29) is 21.8 Å². The maximum absolute atomic E-state index is 13.0. The molecule has 1 N–H and O–H groups in total. The Bertz CT molecular complexity index is 1030. The molecule has 2 amide bonds. The fraction of sp³-hybridized carbons (Fsp3) is 0.333. The molecule has 0 aliphatic carbocycles. The molecule has 0 saturated carbocycles. The van der Waals surface area contributed by atoms with Crippen molar-refractivity contribution in [2.45, 2.75) is 52.4 Å². The van der Waals surface area contributed by atoms with Gasteiger partial charge in [0.05, 0.1) is 15.6 Å². The number of carbonyl (C=O) groups excluding carboxylic acids is 2. The largest absolute Gasteiger partial charge is 0.507 e. The molecule has 1 saturated heterocycles. The number of rotatable bonds is 2. The second kappa shape index (κ2) is 7.78. The molecule has 0 spiro atoms. The van der Waals surface area contributed by atoms with Crippen molar-refractivity contribution in [3.63, 3.8) is 0 Å². The molecule has 1 heterocycles. The molecular formula is C24H26ClNO3S. The Balaban J connectivity index is 2.10. The molecule has 2 aromatic carbocycles. The predicted molar refractivity (Wildman–Crippen MR) is 125 cm³/mol. The quantitative estimate of drug-likeness (QED) is 0.514. The number of hydrogen-bond donors (Lipinski definition) is 1. The Labute approximate surface area is 186 Å². The SMILES string of the molecule is CC(C)(C)c1cc(/C=C2\SC(=O)N(c3ccccc3Cl)C2=O)cc(C(C)(C)C)c1O. The summed E-state index contributed by atoms with van der Waals surface area (Å²) in [4.78, 5) is 27.0. The van der Waals surface area contributed by atoms with Crippen LogP contribution in [0.15, 0.2) is 41.3 Å². The van der Waals surface area contributed by atoms with Crippen molar-refractivity contribution in [3.8, 4) is 5.75 Å². The van der Waals surface area contributed by atoms with Crippen LogP contribution >= 0.6 is 23.4 Å². The maximum Gasteiger partial charge on any atom is 0.298 e. The van der Waals surface area contributed by atoms with Crippen molar-refractivity contribution in [2.24, 2.45) is 0 Å². The van der Waals surface area contributed by atoms with E-state index in [0.717, 1.165) is 33.4 Å². The molecule has 1 aliphatic rings. The molecular weight excluding hydrogens is 418 g/mol. The summed E-state index contributed by atoms with van der Waals surface area (Å²) < 4.78 is 0. The van der Waals surface area contributed by atoms with Crippen molar-refractivity contribution in [2.75, 3.05) is 4.90 Å². The number of carbonyl (C=O) groups is 2. The summed E-state index contributed by atoms with van der Waals surface area (Å²) in [6, 6.07) is 10.5. The summed E-state index contributed by atoms with van der Waals surface area (Å²) >= 11 is 7.09. The number of phenolic OH excluding ortho intramolecular Hbond substituents is 1. The smallest absolute Gasteiger partial charge is 0.298 e. The number of anilines is 1. The Kier molecular flexibility index (Phi) is 5.82. The molecule has 1 aliphatic heterocycles. The molecule has 3 rings (SSSR count). The molecule has 2 aromatic rings. The molecule has 0 bridgehead atoms. The van der Waals surface area contributed by atoms with Crippen LogP contribution in [0.4, 0.5) is 10.5 Å². The first-order valence-electron chi connectivity index (χ1n) is 9.71. The minimum Gasteiger partial charge on any atom is -0.507 e. The van der Waals surface area contributed by atoms with E-state index in [2.05, 4.69) is 0 Å². The molecule has 1 fully saturated rings. The zero-order valence-electron chi connectivity index (χ0n) is 18.0. The third-order valence-electron chi connectivity index (χ3n) is 4.93. The van der Waals surface area contributed by atoms with Gasteiger partial charge in [-0.3, -0.25) is 9.59 Å². The van der Waals surface area contributed by atoms with Gasteiger partial charge in [-0.15, -0.1) is 0 Å². The van der Waals surface area contributed by atoms with E-state index in [9.17, 15) is 14.7 Å². The van der Waals surface area contributed by atoms with Gasteiger partial charge in [-0.1, -0.05) is 65.3 Å². The van der Waals surface area contributed by atoms with Crippen LogP contribution in [0.2, 0.25) is 5.02 Å². The standard InChI is InChI=1S/C24H26ClNO3S/c1-23(2,3)15-11-14(12-16(20(15)27)24(4,5)6)13-19-21(28)26(22(29)30-19)18-10-8-7-9-17(18)25/h7-13,27H,1-6H3/b19-13-. The minimum atomic E-state index is -0.402. The summed E-state index contributed by atoms with van der Waals surface area (Å²) in [6.45, 7) is 12.2. The van der Waals surface area contributed by atoms with Crippen LogP contribution in [0.1, 0.15) is 58.2 Å². The Morgan fingerprint density at radius 2 is 1.50 bits per heavy atom. The number of nitrogens with zero attached hydrogens (tertiary/aromatic N) is 1. The number of benzene rings is 2. The minimum absolute atomic E-state index is 0.274. The van der Waals surface area contributed by atoms with E-state index < -0.39 is 5.91 Å². The van der Waals surface area contributed by atoms with Crippen LogP contribution in [0.3, 0.4) is 0 Å². The van der Waals surface area contributed by atoms with Gasteiger partial charge in [-0.2, -0.15) is 0 Å². The van der Waals surface area contributed by atoms with Gasteiger partial charge in [0.15, 0.2) is 0 Å². The lowest BCUT2D eigenvalue weighted by Crippen LogP contribution is -2.27. The van der Waals surface area contributed by atoms with Crippen molar-refractivity contribution < 1.29 is 14.7 Å². The number of aromatic hydroxyl groups is 1. The Morgan fingerprint density at radius 1 is 0.967 bits per heavy atom. The lowest BCUT2D eigenvalue weighted by molar-refractivity contribution is -0.113. The van der Waals surface area contributed by atoms with E-state index in [4.69, 9.17) is 11.6 Å². The molecule has 30 heavy (non-hydrogen) atoms. The monoisotopic (exact) mass is 443 g/mol. The van der Waals surface area contributed by atoms with Crippen molar-refractivity contribution in [1.29, 1.82) is 0 Å². The first-order valence-corrected chi connectivity index (χ1v) is 10.9. The normalized spacial score (nSPS) is 16.6. The van der Waals surface area contributed by atoms with Gasteiger partial charge in [-0.25, -0.2) is 4.90 Å². The molecule has 158 valence electrons. The number of para-hydroxylation sites is 1. The second-order valence-electron chi connectivity index (χ2n) is 9.43. The predicted octanol–water partition coefficient (Wildman–Crippen LogP) is 6.88. The fourth-order valence-corrected chi connectivity index (χ4v) is 4.40. The van der Waals surface area contributed by atoms with Crippen LogP contribution in [0.25, 0.3) is 6.08 Å². The van der Waals surface area contributed by atoms with Gasteiger partial charge >= 0.3 is 0 Å². The van der Waals surface area contributed by atoms with E-state index in [1.807, 2.05) is 53.7 Å². The van der Waals surface area contributed by atoms with Gasteiger partial charge in [0.25, 0.3) is 11.1 Å². The highest BCUT2D eigenvalue weighted by Gasteiger charge is 2.37. The number of thioether (sulfide) groups is 1. The number of amides is 2. The number of halogens is 1. The molecule has 0 radical (unpaired) electrons. The van der Waals surface area contributed by atoms with Gasteiger partial charge in [0, 0.05) is 11.1 Å². The third kappa shape index (κ3) is 4.28. The molecule has 6 heteroatoms. The van der Waals surface area contributed by atoms with E-state index in [1.165, 1.54) is 0 Å². The van der Waals surface area contributed by atoms with Crippen LogP contribution in [-0.4, -0.2) is 16.3 Å². The van der Waals surface area contributed by atoms with Crippen molar-refractivity contribution in [1.82, 2.24) is 0 Å². The number of imide groups is 1. The Morgan fingerprint density at radius 3 is 2.00 bits per heavy atom. The van der Waals surface area contributed by atoms with E-state index in [0.29, 0.717) is 15.6 Å². The lowest BCUT2D eigenvalue weighted by atomic mass is 9.78. The zero-order valence-corrected chi connectivity index (χ0v) is 19.6. The summed E-state index contributed by atoms with van der Waals surface area (Å²) in [5.41, 5.74) is 2.17. The number of hydrogen-bond acceptors (Lipinski definition) is 4. The van der Waals surface area contributed by atoms with Crippen LogP contribution in [-0.2, 0) is 15.6 Å². The first kappa shape index (κ1) is 22.4. The average Bonchev–Trinajstić information content (AvgIpc) is 2.88. The zero-order chi connectivity index (χ0) is 22.4. The summed E-state index contributed by atoms with van der Waals surface area (Å²) in [6.07, 6.45) is 1.71. The third-order valence-corrected chi connectivity index (χ3v) is 6.12. The lowest BCUT2D eigenvalue weighted by Gasteiger charge is -2.28. The topological polar surface area (TPSA) is 57.6 Å². The number of phenols is 1. The highest BCUT2D eigenvalue weighted by Crippen LogP contribution is 2.42. The first-order chi connectivity index (χ1) is 13.8. The average molecular weight is 444 g/mol. The molecule has 0 aromatic heterocycles. The fourth-order valence-electron chi connectivity index (χ4n) is 3.34. The van der Waals surface area contributed by atoms with Gasteiger partial charge in [-0.05, 0) is 58.5 Å². The van der Waals surface area contributed by atoms with Gasteiger partial charge in [0.2, 0.25) is 0 Å². The van der Waals surface area contributed by atoms with Crippen LogP contribution in [0.5, 0.6) is 5.75 Å². The maximum atomic E-state index is 13.0. The summed E-state index contributed by atoms with van der Waals surface area (Å²) in [5.74, 6) is -0.128. The molecule has 4 nitrogen and oxygen atoms in total. The van der Waals surface area contributed by atoms with Crippen molar-refractivity contribution in [3.05, 3.63) is 63.0 Å².